The fourth-order valence-electron chi connectivity index (χ4n) is 5.93. The summed E-state index contributed by atoms with van der Waals surface area (Å²) >= 11 is 0. The van der Waals surface area contributed by atoms with E-state index in [1.165, 1.54) is 26.9 Å². The van der Waals surface area contributed by atoms with Gasteiger partial charge in [-0.15, -0.1) is 0 Å². The number of rotatable bonds is 1. The highest BCUT2D eigenvalue weighted by atomic mass is 16.1. The van der Waals surface area contributed by atoms with Crippen LogP contribution in [0.2, 0.25) is 0 Å². The zero-order valence-corrected chi connectivity index (χ0v) is 19.8. The fourth-order valence-corrected chi connectivity index (χ4v) is 5.93. The Hall–Kier alpha value is -5.02. The lowest BCUT2D eigenvalue weighted by molar-refractivity contribution is 1.07. The summed E-state index contributed by atoms with van der Waals surface area (Å²) in [6.07, 6.45) is 1.81. The van der Waals surface area contributed by atoms with E-state index in [2.05, 4.69) is 83.8 Å². The normalized spacial score (nSPS) is 11.9. The Labute approximate surface area is 211 Å². The summed E-state index contributed by atoms with van der Waals surface area (Å²) in [5, 5.41) is 10.9. The predicted octanol–water partition coefficient (Wildman–Crippen LogP) is 8.15. The molecule has 6 aromatic carbocycles. The van der Waals surface area contributed by atoms with Gasteiger partial charge >= 0.3 is 0 Å². The molecule has 172 valence electrons. The third-order valence-electron chi connectivity index (χ3n) is 7.60. The first-order valence-electron chi connectivity index (χ1n) is 12.4. The third kappa shape index (κ3) is 2.82. The van der Waals surface area contributed by atoms with Crippen LogP contribution in [0.5, 0.6) is 0 Å². The Kier molecular flexibility index (Phi) is 4.09. The number of benzene rings is 6. The predicted molar refractivity (Wildman–Crippen MR) is 155 cm³/mol. The summed E-state index contributed by atoms with van der Waals surface area (Å²) in [7, 11) is 0. The molecule has 0 fully saturated rings. The molecule has 0 unspecified atom stereocenters. The van der Waals surface area contributed by atoms with Gasteiger partial charge in [0.15, 0.2) is 0 Å². The molecule has 0 radical (unpaired) electrons. The van der Waals surface area contributed by atoms with Crippen LogP contribution in [-0.4, -0.2) is 9.55 Å². The molecule has 0 N–H and O–H groups in total. The summed E-state index contributed by atoms with van der Waals surface area (Å²) in [6.45, 7) is 0. The lowest BCUT2D eigenvalue weighted by atomic mass is 9.94. The largest absolute Gasteiger partial charge is 0.276 e. The number of aromatic nitrogens is 2. The van der Waals surface area contributed by atoms with Crippen molar-refractivity contribution in [1.82, 2.24) is 9.55 Å². The molecule has 0 bridgehead atoms. The van der Waals surface area contributed by atoms with Crippen LogP contribution in [-0.2, 0) is 0 Å². The van der Waals surface area contributed by atoms with E-state index < -0.39 is 0 Å². The molecule has 0 aliphatic rings. The Morgan fingerprint density at radius 3 is 1.73 bits per heavy atom. The molecule has 0 aliphatic carbocycles. The Bertz CT molecular complexity index is 2240. The standard InChI is InChI=1S/C34H20N2O/c37-34-29-14-6-5-13-27(29)31-20-32-21(8-7-17-35-32)18-33(31)36(34)22-15-16-28-25-11-2-1-9-23(25)24-10-3-4-12-26(24)30(28)19-22/h1-20H. The quantitative estimate of drug-likeness (QED) is 0.178. The number of pyridine rings is 2. The third-order valence-corrected chi connectivity index (χ3v) is 7.60. The first-order valence-corrected chi connectivity index (χ1v) is 12.4. The monoisotopic (exact) mass is 472 g/mol. The Morgan fingerprint density at radius 1 is 0.486 bits per heavy atom. The minimum absolute atomic E-state index is 0.0178. The van der Waals surface area contributed by atoms with Gasteiger partial charge in [0.2, 0.25) is 0 Å². The minimum Gasteiger partial charge on any atom is -0.276 e. The van der Waals surface area contributed by atoms with Gasteiger partial charge in [-0.2, -0.15) is 0 Å². The molecule has 37 heavy (non-hydrogen) atoms. The number of hydrogen-bond acceptors (Lipinski definition) is 2. The maximum atomic E-state index is 14.0. The molecule has 0 saturated heterocycles. The smallest absolute Gasteiger partial charge is 0.263 e. The van der Waals surface area contributed by atoms with Crippen LogP contribution >= 0.6 is 0 Å². The van der Waals surface area contributed by atoms with Gasteiger partial charge in [0.05, 0.1) is 11.0 Å². The van der Waals surface area contributed by atoms with E-state index in [1.807, 2.05) is 47.2 Å². The van der Waals surface area contributed by atoms with Crippen LogP contribution in [0, 0.1) is 0 Å². The van der Waals surface area contributed by atoms with Gasteiger partial charge in [0.1, 0.15) is 0 Å². The molecule has 3 nitrogen and oxygen atoms in total. The second-order valence-corrected chi connectivity index (χ2v) is 9.57. The molecule has 3 heteroatoms. The van der Waals surface area contributed by atoms with Crippen LogP contribution in [0.15, 0.2) is 126 Å². The summed E-state index contributed by atoms with van der Waals surface area (Å²) in [4.78, 5) is 18.6. The Morgan fingerprint density at radius 2 is 1.05 bits per heavy atom. The number of fused-ring (bicyclic) bond motifs is 10. The van der Waals surface area contributed by atoms with Gasteiger partial charge in [-0.3, -0.25) is 14.3 Å². The molecule has 2 aromatic heterocycles. The summed E-state index contributed by atoms with van der Waals surface area (Å²) in [5.74, 6) is 0. The molecule has 0 saturated carbocycles. The number of nitrogens with zero attached hydrogens (tertiary/aromatic N) is 2. The molecule has 2 heterocycles. The van der Waals surface area contributed by atoms with Gasteiger partial charge in [-0.05, 0) is 74.1 Å². The molecule has 0 aliphatic heterocycles. The van der Waals surface area contributed by atoms with Crippen molar-refractivity contribution in [3.8, 4) is 5.69 Å². The van der Waals surface area contributed by atoms with E-state index in [0.717, 1.165) is 38.3 Å². The molecule has 0 spiro atoms. The average Bonchev–Trinajstić information content (AvgIpc) is 2.97. The second-order valence-electron chi connectivity index (χ2n) is 9.57. The van der Waals surface area contributed by atoms with Crippen LogP contribution in [0.1, 0.15) is 0 Å². The van der Waals surface area contributed by atoms with Gasteiger partial charge in [0, 0.05) is 28.0 Å². The van der Waals surface area contributed by atoms with Crippen molar-refractivity contribution in [2.24, 2.45) is 0 Å². The SMILES string of the molecule is O=c1c2ccccc2c2cc3ncccc3cc2n1-c1ccc2c3ccccc3c3ccccc3c2c1. The topological polar surface area (TPSA) is 34.9 Å². The maximum Gasteiger partial charge on any atom is 0.263 e. The highest BCUT2D eigenvalue weighted by molar-refractivity contribution is 6.25. The first-order chi connectivity index (χ1) is 18.3. The van der Waals surface area contributed by atoms with Gasteiger partial charge < -0.3 is 0 Å². The van der Waals surface area contributed by atoms with Crippen molar-refractivity contribution in [2.45, 2.75) is 0 Å². The van der Waals surface area contributed by atoms with Crippen molar-refractivity contribution < 1.29 is 0 Å². The van der Waals surface area contributed by atoms with Crippen LogP contribution in [0.4, 0.5) is 0 Å². The van der Waals surface area contributed by atoms with Gasteiger partial charge in [0.25, 0.3) is 5.56 Å². The Balaban J connectivity index is 1.56. The molecular weight excluding hydrogens is 452 g/mol. The van der Waals surface area contributed by atoms with Gasteiger partial charge in [-0.1, -0.05) is 78.9 Å². The zero-order chi connectivity index (χ0) is 24.5. The average molecular weight is 473 g/mol. The number of hydrogen-bond donors (Lipinski definition) is 0. The van der Waals surface area contributed by atoms with Crippen molar-refractivity contribution in [2.75, 3.05) is 0 Å². The van der Waals surface area contributed by atoms with Crippen LogP contribution in [0.3, 0.4) is 0 Å². The molecule has 0 atom stereocenters. The lowest BCUT2D eigenvalue weighted by Crippen LogP contribution is -2.19. The van der Waals surface area contributed by atoms with E-state index in [-0.39, 0.29) is 5.56 Å². The van der Waals surface area contributed by atoms with Crippen molar-refractivity contribution >= 4 is 64.9 Å². The van der Waals surface area contributed by atoms with E-state index >= 15 is 0 Å². The molecule has 0 amide bonds. The van der Waals surface area contributed by atoms with E-state index in [4.69, 9.17) is 0 Å². The van der Waals surface area contributed by atoms with E-state index in [1.54, 1.807) is 0 Å². The minimum atomic E-state index is -0.0178. The second kappa shape index (κ2) is 7.49. The van der Waals surface area contributed by atoms with Crippen molar-refractivity contribution in [3.63, 3.8) is 0 Å². The summed E-state index contributed by atoms with van der Waals surface area (Å²) < 4.78 is 1.87. The zero-order valence-electron chi connectivity index (χ0n) is 19.8. The molecule has 8 aromatic rings. The molecule has 8 rings (SSSR count). The molecular formula is C34H20N2O. The van der Waals surface area contributed by atoms with Crippen LogP contribution < -0.4 is 5.56 Å². The van der Waals surface area contributed by atoms with Crippen molar-refractivity contribution in [1.29, 1.82) is 0 Å². The first kappa shape index (κ1) is 20.2. The van der Waals surface area contributed by atoms with Crippen LogP contribution in [0.25, 0.3) is 70.6 Å². The highest BCUT2D eigenvalue weighted by Gasteiger charge is 2.15. The maximum absolute atomic E-state index is 14.0. The van der Waals surface area contributed by atoms with E-state index in [0.29, 0.717) is 5.39 Å². The van der Waals surface area contributed by atoms with Crippen molar-refractivity contribution in [3.05, 3.63) is 132 Å². The summed E-state index contributed by atoms with van der Waals surface area (Å²) in [5.41, 5.74) is 2.64. The fraction of sp³-hybridized carbons (Fsp3) is 0. The van der Waals surface area contributed by atoms with Gasteiger partial charge in [-0.25, -0.2) is 0 Å². The van der Waals surface area contributed by atoms with E-state index in [9.17, 15) is 4.79 Å². The lowest BCUT2D eigenvalue weighted by Gasteiger charge is -2.16. The summed E-state index contributed by atoms with van der Waals surface area (Å²) in [6, 6.07) is 39.5. The highest BCUT2D eigenvalue weighted by Crippen LogP contribution is 2.36.